The number of nitrogens with zero attached hydrogens (tertiary/aromatic N) is 2. The normalized spacial score (nSPS) is 14.8. The van der Waals surface area contributed by atoms with Gasteiger partial charge in [0, 0.05) is 27.4 Å². The van der Waals surface area contributed by atoms with E-state index in [9.17, 15) is 5.11 Å². The predicted octanol–water partition coefficient (Wildman–Crippen LogP) is 5.35. The summed E-state index contributed by atoms with van der Waals surface area (Å²) in [5, 5.41) is 10.7. The topological polar surface area (TPSA) is 58.6 Å². The van der Waals surface area contributed by atoms with Crippen molar-refractivity contribution >= 4 is 34.6 Å². The molecule has 4 nitrogen and oxygen atoms in total. The van der Waals surface area contributed by atoms with Crippen LogP contribution in [0.2, 0.25) is 5.02 Å². The number of benzene rings is 2. The molecule has 2 aromatic carbocycles. The first kappa shape index (κ1) is 14.7. The predicted molar refractivity (Wildman–Crippen MR) is 95.7 cm³/mol. The van der Waals surface area contributed by atoms with Crippen molar-refractivity contribution < 1.29 is 9.52 Å². The highest BCUT2D eigenvalue weighted by Crippen LogP contribution is 2.37. The van der Waals surface area contributed by atoms with E-state index in [2.05, 4.69) is 9.98 Å². The van der Waals surface area contributed by atoms with Crippen molar-refractivity contribution in [1.29, 1.82) is 0 Å². The Kier molecular flexibility index (Phi) is 3.47. The van der Waals surface area contributed by atoms with Crippen LogP contribution in [0.4, 0.5) is 5.69 Å². The smallest absolute Gasteiger partial charge is 0.310 e. The van der Waals surface area contributed by atoms with E-state index in [4.69, 9.17) is 16.0 Å². The Labute approximate surface area is 143 Å². The number of oxazole rings is 1. The fourth-order valence-corrected chi connectivity index (χ4v) is 2.91. The highest BCUT2D eigenvalue weighted by Gasteiger charge is 2.20. The van der Waals surface area contributed by atoms with Crippen LogP contribution in [0, 0.1) is 0 Å². The molecule has 1 aliphatic heterocycles. The molecule has 0 fully saturated rings. The molecule has 5 heteroatoms. The number of aromatic hydroxyl groups is 1. The number of aromatic nitrogens is 1. The van der Waals surface area contributed by atoms with Crippen LogP contribution in [-0.2, 0) is 0 Å². The van der Waals surface area contributed by atoms with Gasteiger partial charge < -0.3 is 9.52 Å². The van der Waals surface area contributed by atoms with Gasteiger partial charge in [0.15, 0.2) is 0 Å². The van der Waals surface area contributed by atoms with Crippen LogP contribution in [0.15, 0.2) is 57.9 Å². The molecule has 0 spiro atoms. The van der Waals surface area contributed by atoms with E-state index in [0.29, 0.717) is 22.2 Å². The van der Waals surface area contributed by atoms with Gasteiger partial charge in [-0.2, -0.15) is 0 Å². The summed E-state index contributed by atoms with van der Waals surface area (Å²) >= 11 is 5.99. The van der Waals surface area contributed by atoms with Gasteiger partial charge in [0.05, 0.1) is 5.69 Å². The van der Waals surface area contributed by atoms with Gasteiger partial charge in [0.2, 0.25) is 5.89 Å². The maximum atomic E-state index is 10.1. The van der Waals surface area contributed by atoms with Crippen LogP contribution in [0.5, 0.6) is 5.95 Å². The lowest BCUT2D eigenvalue weighted by Crippen LogP contribution is -1.90. The highest BCUT2D eigenvalue weighted by atomic mass is 35.5. The van der Waals surface area contributed by atoms with Crippen LogP contribution >= 0.6 is 11.6 Å². The van der Waals surface area contributed by atoms with E-state index in [1.807, 2.05) is 37.3 Å². The van der Waals surface area contributed by atoms with Gasteiger partial charge in [-0.1, -0.05) is 35.9 Å². The van der Waals surface area contributed by atoms with Gasteiger partial charge in [0.25, 0.3) is 0 Å². The van der Waals surface area contributed by atoms with Crippen LogP contribution < -0.4 is 0 Å². The zero-order valence-corrected chi connectivity index (χ0v) is 13.6. The number of para-hydroxylation sites is 1. The minimum absolute atomic E-state index is 0.227. The van der Waals surface area contributed by atoms with Crippen molar-refractivity contribution in [2.24, 2.45) is 4.99 Å². The van der Waals surface area contributed by atoms with Crippen molar-refractivity contribution in [3.8, 4) is 17.4 Å². The molecule has 0 bridgehead atoms. The van der Waals surface area contributed by atoms with Crippen molar-refractivity contribution in [2.45, 2.75) is 6.92 Å². The maximum Gasteiger partial charge on any atom is 0.310 e. The number of rotatable bonds is 2. The molecular formula is C19H13ClN2O2. The van der Waals surface area contributed by atoms with Crippen molar-refractivity contribution in [2.75, 3.05) is 0 Å². The number of fused-ring (bicyclic) bond motifs is 1. The van der Waals surface area contributed by atoms with Crippen LogP contribution in [0.1, 0.15) is 18.2 Å². The Morgan fingerprint density at radius 2 is 1.96 bits per heavy atom. The monoisotopic (exact) mass is 336 g/mol. The molecule has 0 unspecified atom stereocenters. The molecule has 3 aromatic rings. The lowest BCUT2D eigenvalue weighted by molar-refractivity contribution is 0.336. The molecule has 1 N–H and O–H groups in total. The quantitative estimate of drug-likeness (QED) is 0.686. The first-order valence-electron chi connectivity index (χ1n) is 7.44. The van der Waals surface area contributed by atoms with E-state index >= 15 is 0 Å². The van der Waals surface area contributed by atoms with Gasteiger partial charge >= 0.3 is 5.95 Å². The molecule has 1 aromatic heterocycles. The molecule has 4 rings (SSSR count). The molecule has 2 heterocycles. The SMILES string of the molecule is CC1=Nc2ccccc2/C1=C/c1nc(-c2cccc(Cl)c2)oc1O. The van der Waals surface area contributed by atoms with Crippen molar-refractivity contribution in [3.63, 3.8) is 0 Å². The lowest BCUT2D eigenvalue weighted by Gasteiger charge is -1.99. The molecule has 0 atom stereocenters. The van der Waals surface area contributed by atoms with Gasteiger partial charge in [-0.05, 0) is 37.3 Å². The third-order valence-electron chi connectivity index (χ3n) is 3.86. The van der Waals surface area contributed by atoms with Crippen LogP contribution in [0.3, 0.4) is 0 Å². The van der Waals surface area contributed by atoms with E-state index in [1.54, 1.807) is 24.3 Å². The van der Waals surface area contributed by atoms with E-state index in [-0.39, 0.29) is 5.95 Å². The second-order valence-corrected chi connectivity index (χ2v) is 5.93. The molecule has 24 heavy (non-hydrogen) atoms. The van der Waals surface area contributed by atoms with E-state index < -0.39 is 0 Å². The Morgan fingerprint density at radius 3 is 2.79 bits per heavy atom. The standard InChI is InChI=1S/C19H13ClN2O2/c1-11-15(14-7-2-3-8-16(14)21-11)10-17-19(23)24-18(22-17)12-5-4-6-13(20)9-12/h2-10,23H,1H3/b15-10+. The summed E-state index contributed by atoms with van der Waals surface area (Å²) < 4.78 is 5.39. The molecular weight excluding hydrogens is 324 g/mol. The first-order valence-corrected chi connectivity index (χ1v) is 7.82. The van der Waals surface area contributed by atoms with E-state index in [0.717, 1.165) is 22.5 Å². The molecule has 118 valence electrons. The minimum atomic E-state index is -0.227. The summed E-state index contributed by atoms with van der Waals surface area (Å²) in [5.41, 5.74) is 4.81. The Balaban J connectivity index is 1.78. The minimum Gasteiger partial charge on any atom is -0.479 e. The Hall–Kier alpha value is -2.85. The van der Waals surface area contributed by atoms with Gasteiger partial charge in [-0.15, -0.1) is 0 Å². The van der Waals surface area contributed by atoms with E-state index in [1.165, 1.54) is 0 Å². The zero-order chi connectivity index (χ0) is 16.7. The average molecular weight is 337 g/mol. The Morgan fingerprint density at radius 1 is 1.12 bits per heavy atom. The summed E-state index contributed by atoms with van der Waals surface area (Å²) in [5.74, 6) is 0.0948. The van der Waals surface area contributed by atoms with Crippen LogP contribution in [0.25, 0.3) is 23.1 Å². The first-order chi connectivity index (χ1) is 11.6. The second-order valence-electron chi connectivity index (χ2n) is 5.49. The maximum absolute atomic E-state index is 10.1. The van der Waals surface area contributed by atoms with Crippen molar-refractivity contribution in [3.05, 3.63) is 64.8 Å². The molecule has 0 saturated heterocycles. The third kappa shape index (κ3) is 2.51. The van der Waals surface area contributed by atoms with Gasteiger partial charge in [0.1, 0.15) is 5.69 Å². The number of hydrogen-bond donors (Lipinski definition) is 1. The summed E-state index contributed by atoms with van der Waals surface area (Å²) in [6, 6.07) is 15.0. The summed E-state index contributed by atoms with van der Waals surface area (Å²) in [6.45, 7) is 1.93. The summed E-state index contributed by atoms with van der Waals surface area (Å²) in [7, 11) is 0. The molecule has 0 saturated carbocycles. The summed E-state index contributed by atoms with van der Waals surface area (Å²) in [4.78, 5) is 8.91. The number of hydrogen-bond acceptors (Lipinski definition) is 4. The highest BCUT2D eigenvalue weighted by molar-refractivity contribution is 6.31. The molecule has 1 aliphatic rings. The van der Waals surface area contributed by atoms with Crippen LogP contribution in [-0.4, -0.2) is 15.8 Å². The molecule has 0 radical (unpaired) electrons. The zero-order valence-electron chi connectivity index (χ0n) is 12.8. The third-order valence-corrected chi connectivity index (χ3v) is 4.09. The average Bonchev–Trinajstić information content (AvgIpc) is 3.09. The number of halogens is 1. The fourth-order valence-electron chi connectivity index (χ4n) is 2.72. The van der Waals surface area contributed by atoms with Crippen molar-refractivity contribution in [1.82, 2.24) is 4.98 Å². The molecule has 0 aliphatic carbocycles. The summed E-state index contributed by atoms with van der Waals surface area (Å²) in [6.07, 6.45) is 1.79. The second kappa shape index (κ2) is 5.65. The molecule has 0 amide bonds. The Bertz CT molecular complexity index is 1000. The number of allylic oxidation sites excluding steroid dienone is 1. The largest absolute Gasteiger partial charge is 0.479 e. The number of aliphatic imine (C=N–C) groups is 1. The van der Waals surface area contributed by atoms with Gasteiger partial charge in [-0.3, -0.25) is 4.99 Å². The van der Waals surface area contributed by atoms with Gasteiger partial charge in [-0.25, -0.2) is 4.98 Å². The lowest BCUT2D eigenvalue weighted by atomic mass is 10.0. The fraction of sp³-hybridized carbons (Fsp3) is 0.0526.